The number of rotatable bonds is 4. The van der Waals surface area contributed by atoms with Gasteiger partial charge in [0.15, 0.2) is 0 Å². The van der Waals surface area contributed by atoms with Crippen LogP contribution in [-0.4, -0.2) is 61.4 Å². The van der Waals surface area contributed by atoms with Crippen LogP contribution in [0.3, 0.4) is 0 Å². The van der Waals surface area contributed by atoms with Crippen LogP contribution < -0.4 is 5.32 Å². The monoisotopic (exact) mass is 347 g/mol. The molecule has 1 N–H and O–H groups in total. The number of carbonyl (C=O) groups is 2. The van der Waals surface area contributed by atoms with Crippen molar-refractivity contribution < 1.29 is 18.4 Å². The molecule has 23 heavy (non-hydrogen) atoms. The van der Waals surface area contributed by atoms with E-state index in [0.29, 0.717) is 26.1 Å². The average Bonchev–Trinajstić information content (AvgIpc) is 2.52. The van der Waals surface area contributed by atoms with E-state index in [1.807, 2.05) is 0 Å². The molecule has 0 aromatic heterocycles. The zero-order valence-electron chi connectivity index (χ0n) is 12.8. The molecule has 1 heterocycles. The van der Waals surface area contributed by atoms with Gasteiger partial charge in [-0.2, -0.15) is 0 Å². The van der Waals surface area contributed by atoms with E-state index in [0.717, 1.165) is 12.1 Å². The van der Waals surface area contributed by atoms with Crippen LogP contribution in [0.2, 0.25) is 0 Å². The summed E-state index contributed by atoms with van der Waals surface area (Å²) >= 11 is 0. The quantitative estimate of drug-likeness (QED) is 0.892. The summed E-state index contributed by atoms with van der Waals surface area (Å²) in [6, 6.07) is 3.35. The standard InChI is InChI=1S/C15H19F2N3O2.ClH/c1-18-6-5-13(21)19-7-9-20(10-8-19)15(22)14-11(16)3-2-4-12(14)17;/h2-4,18H,5-10H2,1H3;1H. The molecule has 5 nitrogen and oxygen atoms in total. The van der Waals surface area contributed by atoms with Crippen molar-refractivity contribution in [2.45, 2.75) is 6.42 Å². The first-order chi connectivity index (χ1) is 10.5. The van der Waals surface area contributed by atoms with Gasteiger partial charge in [0.2, 0.25) is 5.91 Å². The van der Waals surface area contributed by atoms with Crippen molar-refractivity contribution in [3.8, 4) is 0 Å². The van der Waals surface area contributed by atoms with Gasteiger partial charge in [-0.1, -0.05) is 6.07 Å². The molecule has 1 aliphatic rings. The van der Waals surface area contributed by atoms with Crippen molar-refractivity contribution in [2.75, 3.05) is 39.8 Å². The lowest BCUT2D eigenvalue weighted by atomic mass is 10.1. The van der Waals surface area contributed by atoms with Gasteiger partial charge >= 0.3 is 0 Å². The van der Waals surface area contributed by atoms with Gasteiger partial charge in [0.05, 0.1) is 0 Å². The fourth-order valence-electron chi connectivity index (χ4n) is 2.41. The minimum atomic E-state index is -0.863. The molecule has 2 rings (SSSR count). The van der Waals surface area contributed by atoms with Crippen LogP contribution in [0.25, 0.3) is 0 Å². The molecule has 0 unspecified atom stereocenters. The number of hydrogen-bond acceptors (Lipinski definition) is 3. The lowest BCUT2D eigenvalue weighted by Crippen LogP contribution is -2.51. The van der Waals surface area contributed by atoms with Crippen LogP contribution in [0.1, 0.15) is 16.8 Å². The van der Waals surface area contributed by atoms with Crippen molar-refractivity contribution in [3.05, 3.63) is 35.4 Å². The first kappa shape index (κ1) is 19.3. The highest BCUT2D eigenvalue weighted by Crippen LogP contribution is 2.16. The van der Waals surface area contributed by atoms with E-state index in [-0.39, 0.29) is 31.4 Å². The second kappa shape index (κ2) is 8.79. The van der Waals surface area contributed by atoms with E-state index in [4.69, 9.17) is 0 Å². The number of piperazine rings is 1. The number of halogens is 3. The Morgan fingerprint density at radius 3 is 2.13 bits per heavy atom. The van der Waals surface area contributed by atoms with Gasteiger partial charge in [-0.15, -0.1) is 12.4 Å². The van der Waals surface area contributed by atoms with Gasteiger partial charge in [0, 0.05) is 39.1 Å². The molecule has 128 valence electrons. The summed E-state index contributed by atoms with van der Waals surface area (Å²) in [5.41, 5.74) is -0.530. The topological polar surface area (TPSA) is 52.7 Å². The molecule has 0 atom stereocenters. The minimum Gasteiger partial charge on any atom is -0.339 e. The summed E-state index contributed by atoms with van der Waals surface area (Å²) in [5.74, 6) is -2.38. The van der Waals surface area contributed by atoms with Crippen LogP contribution in [-0.2, 0) is 4.79 Å². The molecule has 0 spiro atoms. The Balaban J connectivity index is 0.00000264. The van der Waals surface area contributed by atoms with Crippen molar-refractivity contribution in [2.24, 2.45) is 0 Å². The van der Waals surface area contributed by atoms with E-state index in [1.165, 1.54) is 11.0 Å². The predicted molar refractivity (Wildman–Crippen MR) is 84.6 cm³/mol. The normalized spacial score (nSPS) is 14.4. The van der Waals surface area contributed by atoms with Crippen molar-refractivity contribution in [1.29, 1.82) is 0 Å². The fourth-order valence-corrected chi connectivity index (χ4v) is 2.41. The largest absolute Gasteiger partial charge is 0.339 e. The van der Waals surface area contributed by atoms with Crippen LogP contribution in [0.15, 0.2) is 18.2 Å². The Morgan fingerprint density at radius 2 is 1.61 bits per heavy atom. The van der Waals surface area contributed by atoms with Crippen LogP contribution >= 0.6 is 12.4 Å². The Bertz CT molecular complexity index is 543. The van der Waals surface area contributed by atoms with Crippen LogP contribution in [0.4, 0.5) is 8.78 Å². The highest BCUT2D eigenvalue weighted by molar-refractivity contribution is 5.95. The Hall–Kier alpha value is -1.73. The van der Waals surface area contributed by atoms with E-state index < -0.39 is 23.1 Å². The van der Waals surface area contributed by atoms with Gasteiger partial charge < -0.3 is 15.1 Å². The maximum atomic E-state index is 13.6. The molecule has 0 aliphatic carbocycles. The van der Waals surface area contributed by atoms with E-state index >= 15 is 0 Å². The summed E-state index contributed by atoms with van der Waals surface area (Å²) in [6.07, 6.45) is 0.395. The fraction of sp³-hybridized carbons (Fsp3) is 0.467. The second-order valence-corrected chi connectivity index (χ2v) is 5.12. The van der Waals surface area contributed by atoms with Crippen LogP contribution in [0.5, 0.6) is 0 Å². The molecular formula is C15H20ClF2N3O2. The number of amides is 2. The molecule has 0 saturated carbocycles. The van der Waals surface area contributed by atoms with Gasteiger partial charge in [0.25, 0.3) is 5.91 Å². The zero-order chi connectivity index (χ0) is 16.1. The van der Waals surface area contributed by atoms with Crippen molar-refractivity contribution in [1.82, 2.24) is 15.1 Å². The Labute approximate surface area is 140 Å². The molecule has 0 radical (unpaired) electrons. The molecule has 1 aliphatic heterocycles. The highest BCUT2D eigenvalue weighted by Gasteiger charge is 2.27. The lowest BCUT2D eigenvalue weighted by molar-refractivity contribution is -0.132. The van der Waals surface area contributed by atoms with Crippen molar-refractivity contribution >= 4 is 24.2 Å². The van der Waals surface area contributed by atoms with Gasteiger partial charge in [-0.05, 0) is 19.2 Å². The smallest absolute Gasteiger partial charge is 0.259 e. The van der Waals surface area contributed by atoms with Gasteiger partial charge in [-0.25, -0.2) is 8.78 Å². The highest BCUT2D eigenvalue weighted by atomic mass is 35.5. The molecule has 1 fully saturated rings. The first-order valence-corrected chi connectivity index (χ1v) is 7.20. The predicted octanol–water partition coefficient (Wildman–Crippen LogP) is 1.28. The van der Waals surface area contributed by atoms with Crippen LogP contribution in [0, 0.1) is 11.6 Å². The number of carbonyl (C=O) groups excluding carboxylic acids is 2. The molecule has 2 amide bonds. The van der Waals surface area contributed by atoms with E-state index in [1.54, 1.807) is 11.9 Å². The number of nitrogens with one attached hydrogen (secondary N) is 1. The second-order valence-electron chi connectivity index (χ2n) is 5.12. The summed E-state index contributed by atoms with van der Waals surface area (Å²) in [4.78, 5) is 27.1. The number of hydrogen-bond donors (Lipinski definition) is 1. The van der Waals surface area contributed by atoms with Crippen molar-refractivity contribution in [3.63, 3.8) is 0 Å². The third kappa shape index (κ3) is 4.62. The third-order valence-corrected chi connectivity index (χ3v) is 3.69. The molecular weight excluding hydrogens is 328 g/mol. The van der Waals surface area contributed by atoms with E-state index in [2.05, 4.69) is 5.32 Å². The van der Waals surface area contributed by atoms with E-state index in [9.17, 15) is 18.4 Å². The number of benzene rings is 1. The molecule has 1 aromatic rings. The summed E-state index contributed by atoms with van der Waals surface area (Å²) in [6.45, 7) is 1.91. The summed E-state index contributed by atoms with van der Waals surface area (Å²) in [5, 5.41) is 2.90. The molecule has 1 aromatic carbocycles. The summed E-state index contributed by atoms with van der Waals surface area (Å²) < 4.78 is 27.3. The lowest BCUT2D eigenvalue weighted by Gasteiger charge is -2.35. The third-order valence-electron chi connectivity index (χ3n) is 3.69. The molecule has 8 heteroatoms. The Kier molecular flexibility index (Phi) is 7.38. The van der Waals surface area contributed by atoms with Gasteiger partial charge in [-0.3, -0.25) is 9.59 Å². The maximum absolute atomic E-state index is 13.6. The summed E-state index contributed by atoms with van der Waals surface area (Å²) in [7, 11) is 1.77. The number of nitrogens with zero attached hydrogens (tertiary/aromatic N) is 2. The van der Waals surface area contributed by atoms with Gasteiger partial charge in [0.1, 0.15) is 17.2 Å². The molecule has 0 bridgehead atoms. The minimum absolute atomic E-state index is 0. The maximum Gasteiger partial charge on any atom is 0.259 e. The Morgan fingerprint density at radius 1 is 1.09 bits per heavy atom. The average molecular weight is 348 g/mol. The zero-order valence-corrected chi connectivity index (χ0v) is 13.7. The first-order valence-electron chi connectivity index (χ1n) is 7.20. The molecule has 1 saturated heterocycles. The SMILES string of the molecule is CNCCC(=O)N1CCN(C(=O)c2c(F)cccc2F)CC1.Cl.